The molecule has 1 fully saturated rings. The number of rotatable bonds is 1. The van der Waals surface area contributed by atoms with Crippen molar-refractivity contribution >= 4 is 0 Å². The zero-order valence-corrected chi connectivity index (χ0v) is 6.79. The predicted molar refractivity (Wildman–Crippen MR) is 39.2 cm³/mol. The van der Waals surface area contributed by atoms with E-state index < -0.39 is 30.7 Å². The highest BCUT2D eigenvalue weighted by molar-refractivity contribution is 4.87. The first-order valence-electron chi connectivity index (χ1n) is 3.95. The lowest BCUT2D eigenvalue weighted by Gasteiger charge is -2.37. The van der Waals surface area contributed by atoms with Crippen LogP contribution in [0, 0.1) is 0 Å². The molecule has 5 heteroatoms. The van der Waals surface area contributed by atoms with Gasteiger partial charge in [-0.25, -0.2) is 0 Å². The molecule has 1 saturated heterocycles. The van der Waals surface area contributed by atoms with Crippen molar-refractivity contribution in [1.29, 1.82) is 0 Å². The molecule has 0 aromatic heterocycles. The second-order valence-electron chi connectivity index (χ2n) is 2.95. The van der Waals surface area contributed by atoms with Gasteiger partial charge in [0.05, 0.1) is 6.10 Å². The molecule has 1 aliphatic rings. The average Bonchev–Trinajstić information content (AvgIpc) is 2.08. The molecule has 1 unspecified atom stereocenters. The van der Waals surface area contributed by atoms with Gasteiger partial charge in [0.1, 0.15) is 18.3 Å². The molecule has 0 radical (unpaired) electrons. The van der Waals surface area contributed by atoms with E-state index in [1.54, 1.807) is 6.92 Å². The Hall–Kier alpha value is -0.200. The van der Waals surface area contributed by atoms with Crippen LogP contribution in [0.15, 0.2) is 0 Å². The van der Waals surface area contributed by atoms with Gasteiger partial charge >= 0.3 is 0 Å². The predicted octanol–water partition coefficient (Wildman–Crippen LogP) is -1.80. The van der Waals surface area contributed by atoms with Crippen LogP contribution in [0.1, 0.15) is 13.3 Å². The summed E-state index contributed by atoms with van der Waals surface area (Å²) in [6.45, 7) is 1.75. The Morgan fingerprint density at radius 2 is 1.58 bits per heavy atom. The maximum atomic E-state index is 9.28. The lowest BCUT2D eigenvalue weighted by atomic mass is 9.97. The first-order chi connectivity index (χ1) is 5.57. The van der Waals surface area contributed by atoms with Crippen LogP contribution < -0.4 is 0 Å². The molecule has 5 atom stereocenters. The second-order valence-corrected chi connectivity index (χ2v) is 2.95. The molecule has 0 spiro atoms. The monoisotopic (exact) mass is 178 g/mol. The van der Waals surface area contributed by atoms with E-state index in [1.807, 2.05) is 0 Å². The van der Waals surface area contributed by atoms with Crippen molar-refractivity contribution in [3.63, 3.8) is 0 Å². The summed E-state index contributed by atoms with van der Waals surface area (Å²) in [5.74, 6) is 0. The SMILES string of the molecule is CC[C@@H]1OC(O)[C@H](O)[C@H](O)[C@H]1O. The fourth-order valence-corrected chi connectivity index (χ4v) is 1.27. The number of aliphatic hydroxyl groups is 4. The van der Waals surface area contributed by atoms with Crippen molar-refractivity contribution in [1.82, 2.24) is 0 Å². The van der Waals surface area contributed by atoms with Crippen molar-refractivity contribution in [3.8, 4) is 0 Å². The normalized spacial score (nSPS) is 49.2. The van der Waals surface area contributed by atoms with Gasteiger partial charge < -0.3 is 25.2 Å². The van der Waals surface area contributed by atoms with E-state index in [9.17, 15) is 10.2 Å². The quantitative estimate of drug-likeness (QED) is 0.380. The summed E-state index contributed by atoms with van der Waals surface area (Å²) in [6.07, 6.45) is -5.44. The third-order valence-electron chi connectivity index (χ3n) is 2.09. The summed E-state index contributed by atoms with van der Waals surface area (Å²) >= 11 is 0. The minimum Gasteiger partial charge on any atom is -0.388 e. The van der Waals surface area contributed by atoms with Crippen LogP contribution in [0.4, 0.5) is 0 Å². The molecule has 0 bridgehead atoms. The van der Waals surface area contributed by atoms with Crippen LogP contribution in [0.25, 0.3) is 0 Å². The third-order valence-corrected chi connectivity index (χ3v) is 2.09. The summed E-state index contributed by atoms with van der Waals surface area (Å²) in [6, 6.07) is 0. The molecule has 1 heterocycles. The summed E-state index contributed by atoms with van der Waals surface area (Å²) in [4.78, 5) is 0. The molecule has 0 aliphatic carbocycles. The first-order valence-corrected chi connectivity index (χ1v) is 3.95. The Kier molecular flexibility index (Phi) is 3.03. The van der Waals surface area contributed by atoms with E-state index in [1.165, 1.54) is 0 Å². The van der Waals surface area contributed by atoms with Crippen LogP contribution in [-0.2, 0) is 4.74 Å². The summed E-state index contributed by atoms with van der Waals surface area (Å²) in [5.41, 5.74) is 0. The molecule has 1 rings (SSSR count). The van der Waals surface area contributed by atoms with E-state index in [2.05, 4.69) is 0 Å². The van der Waals surface area contributed by atoms with Gasteiger partial charge in [0.15, 0.2) is 6.29 Å². The van der Waals surface area contributed by atoms with E-state index in [-0.39, 0.29) is 0 Å². The molecule has 0 aromatic carbocycles. The largest absolute Gasteiger partial charge is 0.388 e. The van der Waals surface area contributed by atoms with E-state index in [4.69, 9.17) is 14.9 Å². The summed E-state index contributed by atoms with van der Waals surface area (Å²) < 4.78 is 4.83. The highest BCUT2D eigenvalue weighted by Gasteiger charge is 2.41. The summed E-state index contributed by atoms with van der Waals surface area (Å²) in [5, 5.41) is 36.5. The minimum atomic E-state index is -1.43. The van der Waals surface area contributed by atoms with Crippen LogP contribution in [-0.4, -0.2) is 51.1 Å². The fraction of sp³-hybridized carbons (Fsp3) is 1.00. The first kappa shape index (κ1) is 9.88. The Balaban J connectivity index is 2.63. The van der Waals surface area contributed by atoms with Gasteiger partial charge in [-0.1, -0.05) is 6.92 Å². The van der Waals surface area contributed by atoms with Crippen LogP contribution >= 0.6 is 0 Å². The Labute approximate surface area is 70.2 Å². The molecule has 4 N–H and O–H groups in total. The Morgan fingerprint density at radius 3 is 2.08 bits per heavy atom. The standard InChI is InChI=1S/C7H14O5/c1-2-3-4(8)5(9)6(10)7(11)12-3/h3-11H,2H2,1H3/t3-,4-,5+,6+,7?/m0/s1. The van der Waals surface area contributed by atoms with E-state index in [0.717, 1.165) is 0 Å². The summed E-state index contributed by atoms with van der Waals surface area (Å²) in [7, 11) is 0. The molecule has 5 nitrogen and oxygen atoms in total. The van der Waals surface area contributed by atoms with E-state index >= 15 is 0 Å². The zero-order chi connectivity index (χ0) is 9.30. The number of hydrogen-bond donors (Lipinski definition) is 4. The molecule has 1 aliphatic heterocycles. The average molecular weight is 178 g/mol. The molecule has 0 saturated carbocycles. The van der Waals surface area contributed by atoms with Gasteiger partial charge in [-0.05, 0) is 6.42 Å². The number of aliphatic hydroxyl groups excluding tert-OH is 4. The van der Waals surface area contributed by atoms with Crippen molar-refractivity contribution in [2.45, 2.75) is 44.1 Å². The molecule has 12 heavy (non-hydrogen) atoms. The minimum absolute atomic E-state index is 0.474. The lowest BCUT2D eigenvalue weighted by molar-refractivity contribution is -0.281. The zero-order valence-electron chi connectivity index (χ0n) is 6.79. The molecule has 72 valence electrons. The van der Waals surface area contributed by atoms with Gasteiger partial charge in [-0.3, -0.25) is 0 Å². The van der Waals surface area contributed by atoms with Gasteiger partial charge in [-0.15, -0.1) is 0 Å². The smallest absolute Gasteiger partial charge is 0.183 e. The highest BCUT2D eigenvalue weighted by Crippen LogP contribution is 2.21. The topological polar surface area (TPSA) is 90.2 Å². The maximum absolute atomic E-state index is 9.28. The lowest BCUT2D eigenvalue weighted by Crippen LogP contribution is -2.57. The van der Waals surface area contributed by atoms with Gasteiger partial charge in [0, 0.05) is 0 Å². The van der Waals surface area contributed by atoms with Crippen molar-refractivity contribution in [2.24, 2.45) is 0 Å². The number of hydrogen-bond acceptors (Lipinski definition) is 5. The molecular weight excluding hydrogens is 164 g/mol. The van der Waals surface area contributed by atoms with Crippen LogP contribution in [0.3, 0.4) is 0 Å². The third kappa shape index (κ3) is 1.60. The van der Waals surface area contributed by atoms with Crippen molar-refractivity contribution in [2.75, 3.05) is 0 Å². The van der Waals surface area contributed by atoms with Gasteiger partial charge in [-0.2, -0.15) is 0 Å². The molecular formula is C7H14O5. The Bertz CT molecular complexity index is 146. The van der Waals surface area contributed by atoms with Gasteiger partial charge in [0.2, 0.25) is 0 Å². The second kappa shape index (κ2) is 3.68. The Morgan fingerprint density at radius 1 is 1.00 bits per heavy atom. The maximum Gasteiger partial charge on any atom is 0.183 e. The number of ether oxygens (including phenoxy) is 1. The fourth-order valence-electron chi connectivity index (χ4n) is 1.27. The van der Waals surface area contributed by atoms with Gasteiger partial charge in [0.25, 0.3) is 0 Å². The van der Waals surface area contributed by atoms with E-state index in [0.29, 0.717) is 6.42 Å². The molecule has 0 aromatic rings. The van der Waals surface area contributed by atoms with Crippen LogP contribution in [0.2, 0.25) is 0 Å². The highest BCUT2D eigenvalue weighted by atomic mass is 16.6. The van der Waals surface area contributed by atoms with Crippen LogP contribution in [0.5, 0.6) is 0 Å². The van der Waals surface area contributed by atoms with Crippen molar-refractivity contribution < 1.29 is 25.2 Å². The van der Waals surface area contributed by atoms with Crippen molar-refractivity contribution in [3.05, 3.63) is 0 Å². The molecule has 0 amide bonds.